The fraction of sp³-hybridized carbons (Fsp3) is 0.345. The second-order valence-corrected chi connectivity index (χ2v) is 9.40. The van der Waals surface area contributed by atoms with E-state index >= 15 is 0 Å². The van der Waals surface area contributed by atoms with Crippen molar-refractivity contribution < 1.29 is 4.79 Å². The third-order valence-electron chi connectivity index (χ3n) is 6.65. The molecule has 33 heavy (non-hydrogen) atoms. The van der Waals surface area contributed by atoms with E-state index in [0.717, 1.165) is 37.1 Å². The highest BCUT2D eigenvalue weighted by molar-refractivity contribution is 5.82. The molecule has 2 unspecified atom stereocenters. The van der Waals surface area contributed by atoms with Crippen LogP contribution in [0.15, 0.2) is 60.7 Å². The second kappa shape index (κ2) is 10.2. The molecule has 0 bridgehead atoms. The number of carbonyl (C=O) groups excluding carboxylic acids is 1. The molecule has 1 amide bonds. The molecule has 2 atom stereocenters. The van der Waals surface area contributed by atoms with E-state index in [1.807, 2.05) is 6.07 Å². The molecule has 0 saturated heterocycles. The number of nitrogens with two attached hydrogens (primary N) is 1. The van der Waals surface area contributed by atoms with E-state index in [9.17, 15) is 4.79 Å². The Bertz CT molecular complexity index is 1100. The zero-order valence-electron chi connectivity index (χ0n) is 19.9. The summed E-state index contributed by atoms with van der Waals surface area (Å²) in [5.41, 5.74) is 16.0. The van der Waals surface area contributed by atoms with E-state index in [1.54, 1.807) is 0 Å². The van der Waals surface area contributed by atoms with Gasteiger partial charge in [-0.05, 0) is 85.9 Å². The lowest BCUT2D eigenvalue weighted by atomic mass is 9.93. The van der Waals surface area contributed by atoms with Crippen LogP contribution in [0.2, 0.25) is 0 Å². The van der Waals surface area contributed by atoms with Gasteiger partial charge in [0, 0.05) is 12.2 Å². The predicted octanol–water partition coefficient (Wildman–Crippen LogP) is 5.14. The molecule has 0 fully saturated rings. The van der Waals surface area contributed by atoms with Gasteiger partial charge in [-0.25, -0.2) is 0 Å². The number of carbonyl (C=O) groups is 1. The third-order valence-corrected chi connectivity index (χ3v) is 6.65. The SMILES string of the molecule is Cc1cc(C)c(CC(N)C(=O)NC2CCCNc3ccc(Cc4ccccc4)cc32)c(C)c1. The van der Waals surface area contributed by atoms with Crippen LogP contribution in [-0.2, 0) is 17.6 Å². The van der Waals surface area contributed by atoms with Crippen molar-refractivity contribution in [2.75, 3.05) is 11.9 Å². The van der Waals surface area contributed by atoms with Crippen LogP contribution in [-0.4, -0.2) is 18.5 Å². The molecule has 1 heterocycles. The van der Waals surface area contributed by atoms with Gasteiger partial charge in [-0.3, -0.25) is 4.79 Å². The zero-order valence-corrected chi connectivity index (χ0v) is 19.9. The Morgan fingerprint density at radius 2 is 1.76 bits per heavy atom. The van der Waals surface area contributed by atoms with Gasteiger partial charge in [-0.15, -0.1) is 0 Å². The Morgan fingerprint density at radius 3 is 2.48 bits per heavy atom. The van der Waals surface area contributed by atoms with Gasteiger partial charge < -0.3 is 16.4 Å². The largest absolute Gasteiger partial charge is 0.385 e. The number of hydrogen-bond donors (Lipinski definition) is 3. The molecule has 4 heteroatoms. The Kier molecular flexibility index (Phi) is 7.14. The van der Waals surface area contributed by atoms with Crippen LogP contribution in [0.4, 0.5) is 5.69 Å². The van der Waals surface area contributed by atoms with Crippen molar-refractivity contribution in [3.63, 3.8) is 0 Å². The lowest BCUT2D eigenvalue weighted by molar-refractivity contribution is -0.123. The van der Waals surface area contributed by atoms with Gasteiger partial charge in [0.05, 0.1) is 12.1 Å². The molecule has 4 rings (SSSR count). The normalized spacial score (nSPS) is 16.3. The Labute approximate surface area is 197 Å². The molecule has 0 radical (unpaired) electrons. The van der Waals surface area contributed by atoms with Crippen molar-refractivity contribution in [1.82, 2.24) is 5.32 Å². The summed E-state index contributed by atoms with van der Waals surface area (Å²) in [6.45, 7) is 7.20. The Morgan fingerprint density at radius 1 is 1.03 bits per heavy atom. The summed E-state index contributed by atoms with van der Waals surface area (Å²) in [7, 11) is 0. The smallest absolute Gasteiger partial charge is 0.237 e. The lowest BCUT2D eigenvalue weighted by Gasteiger charge is -2.23. The van der Waals surface area contributed by atoms with Gasteiger partial charge in [0.25, 0.3) is 0 Å². The minimum absolute atomic E-state index is 0.0375. The number of hydrogen-bond acceptors (Lipinski definition) is 3. The molecule has 0 aromatic heterocycles. The van der Waals surface area contributed by atoms with E-state index in [4.69, 9.17) is 5.73 Å². The number of benzene rings is 3. The number of rotatable bonds is 6. The van der Waals surface area contributed by atoms with Crippen LogP contribution in [0.1, 0.15) is 57.8 Å². The number of amides is 1. The minimum Gasteiger partial charge on any atom is -0.385 e. The fourth-order valence-electron chi connectivity index (χ4n) is 4.96. The first-order chi connectivity index (χ1) is 15.9. The van der Waals surface area contributed by atoms with Gasteiger partial charge in [0.15, 0.2) is 0 Å². The molecule has 172 valence electrons. The number of nitrogens with one attached hydrogen (secondary N) is 2. The predicted molar refractivity (Wildman–Crippen MR) is 137 cm³/mol. The topological polar surface area (TPSA) is 67.2 Å². The molecule has 1 aliphatic rings. The molecular weight excluding hydrogens is 406 g/mol. The first-order valence-corrected chi connectivity index (χ1v) is 11.9. The molecule has 1 aliphatic heterocycles. The van der Waals surface area contributed by atoms with E-state index in [0.29, 0.717) is 6.42 Å². The monoisotopic (exact) mass is 441 g/mol. The second-order valence-electron chi connectivity index (χ2n) is 9.40. The quantitative estimate of drug-likeness (QED) is 0.496. The average molecular weight is 442 g/mol. The summed E-state index contributed by atoms with van der Waals surface area (Å²) in [6, 6.07) is 20.8. The molecule has 0 spiro atoms. The summed E-state index contributed by atoms with van der Waals surface area (Å²) in [5.74, 6) is -0.0827. The maximum Gasteiger partial charge on any atom is 0.237 e. The summed E-state index contributed by atoms with van der Waals surface area (Å²) in [6.07, 6.45) is 3.32. The lowest BCUT2D eigenvalue weighted by Crippen LogP contribution is -2.43. The molecule has 3 aromatic rings. The van der Waals surface area contributed by atoms with E-state index in [1.165, 1.54) is 33.4 Å². The van der Waals surface area contributed by atoms with Crippen molar-refractivity contribution in [3.8, 4) is 0 Å². The van der Waals surface area contributed by atoms with Crippen molar-refractivity contribution in [2.24, 2.45) is 5.73 Å². The summed E-state index contributed by atoms with van der Waals surface area (Å²) in [5, 5.41) is 6.80. The van der Waals surface area contributed by atoms with Gasteiger partial charge in [-0.1, -0.05) is 60.2 Å². The van der Waals surface area contributed by atoms with Crippen LogP contribution in [0.3, 0.4) is 0 Å². The van der Waals surface area contributed by atoms with Crippen LogP contribution in [0, 0.1) is 20.8 Å². The van der Waals surface area contributed by atoms with Crippen molar-refractivity contribution in [2.45, 2.75) is 58.5 Å². The minimum atomic E-state index is -0.572. The van der Waals surface area contributed by atoms with Gasteiger partial charge in [0.1, 0.15) is 0 Å². The van der Waals surface area contributed by atoms with Crippen LogP contribution < -0.4 is 16.4 Å². The Hall–Kier alpha value is -3.11. The number of aryl methyl sites for hydroxylation is 3. The molecule has 0 aliphatic carbocycles. The van der Waals surface area contributed by atoms with Crippen molar-refractivity contribution in [1.29, 1.82) is 0 Å². The standard InChI is InChI=1S/C29H35N3O/c1-19-14-20(2)24(21(3)15-19)18-26(30)29(33)32-28-10-7-13-31-27-12-11-23(17-25(27)28)16-22-8-5-4-6-9-22/h4-6,8-9,11-12,14-15,17,26,28,31H,7,10,13,16,18,30H2,1-3H3,(H,32,33). The van der Waals surface area contributed by atoms with Crippen LogP contribution in [0.25, 0.3) is 0 Å². The Balaban J connectivity index is 1.51. The summed E-state index contributed by atoms with van der Waals surface area (Å²) in [4.78, 5) is 13.1. The van der Waals surface area contributed by atoms with Crippen LogP contribution >= 0.6 is 0 Å². The first-order valence-electron chi connectivity index (χ1n) is 11.9. The first kappa shape index (κ1) is 23.1. The number of anilines is 1. The molecule has 0 saturated carbocycles. The fourth-order valence-corrected chi connectivity index (χ4v) is 4.96. The van der Waals surface area contributed by atoms with Crippen LogP contribution in [0.5, 0.6) is 0 Å². The highest BCUT2D eigenvalue weighted by atomic mass is 16.2. The summed E-state index contributed by atoms with van der Waals surface area (Å²) >= 11 is 0. The van der Waals surface area contributed by atoms with E-state index < -0.39 is 6.04 Å². The van der Waals surface area contributed by atoms with Crippen molar-refractivity contribution >= 4 is 11.6 Å². The molecule has 4 N–H and O–H groups in total. The van der Waals surface area contributed by atoms with Gasteiger partial charge in [-0.2, -0.15) is 0 Å². The zero-order chi connectivity index (χ0) is 23.4. The maximum absolute atomic E-state index is 13.1. The number of fused-ring (bicyclic) bond motifs is 1. The van der Waals surface area contributed by atoms with Gasteiger partial charge in [0.2, 0.25) is 5.91 Å². The highest BCUT2D eigenvalue weighted by Crippen LogP contribution is 2.31. The van der Waals surface area contributed by atoms with Gasteiger partial charge >= 0.3 is 0 Å². The van der Waals surface area contributed by atoms with E-state index in [-0.39, 0.29) is 11.9 Å². The van der Waals surface area contributed by atoms with E-state index in [2.05, 4.69) is 86.0 Å². The molecule has 4 nitrogen and oxygen atoms in total. The van der Waals surface area contributed by atoms with Crippen molar-refractivity contribution in [3.05, 3.63) is 99.6 Å². The highest BCUT2D eigenvalue weighted by Gasteiger charge is 2.24. The maximum atomic E-state index is 13.1. The summed E-state index contributed by atoms with van der Waals surface area (Å²) < 4.78 is 0. The molecular formula is C29H35N3O. The average Bonchev–Trinajstić information content (AvgIpc) is 2.98. The molecule has 3 aromatic carbocycles. The third kappa shape index (κ3) is 5.63.